The van der Waals surface area contributed by atoms with Crippen molar-refractivity contribution in [2.24, 2.45) is 0 Å². The van der Waals surface area contributed by atoms with Crippen molar-refractivity contribution in [1.82, 2.24) is 0 Å². The highest BCUT2D eigenvalue weighted by atomic mass is 16.4. The molecule has 0 saturated heterocycles. The summed E-state index contributed by atoms with van der Waals surface area (Å²) >= 11 is 0. The third-order valence-electron chi connectivity index (χ3n) is 1.00. The molecule has 0 bridgehead atoms. The van der Waals surface area contributed by atoms with Crippen LogP contribution >= 0.6 is 0 Å². The molecule has 10 heavy (non-hydrogen) atoms. The molecule has 2 nitrogen and oxygen atoms in total. The van der Waals surface area contributed by atoms with E-state index in [2.05, 4.69) is 13.2 Å². The molecule has 58 valence electrons. The van der Waals surface area contributed by atoms with Crippen LogP contribution in [0.2, 0.25) is 0 Å². The van der Waals surface area contributed by atoms with Crippen LogP contribution in [0.1, 0.15) is 20.3 Å². The Kier molecular flexibility index (Phi) is 9.31. The minimum atomic E-state index is -0.810. The average Bonchev–Trinajstić information content (AvgIpc) is 1.94. The van der Waals surface area contributed by atoms with Gasteiger partial charge in [-0.05, 0) is 13.3 Å². The Labute approximate surface area is 61.9 Å². The molecule has 0 rings (SSSR count). The number of carbonyl (C=O) groups is 1. The molecule has 0 aromatic rings. The van der Waals surface area contributed by atoms with Crippen molar-refractivity contribution in [2.45, 2.75) is 20.3 Å². The Morgan fingerprint density at radius 2 is 2.00 bits per heavy atom. The molecular formula is C8H14O2. The normalized spacial score (nSPS) is 9.60. The highest BCUT2D eigenvalue weighted by molar-refractivity contribution is 5.86. The molecule has 0 aliphatic rings. The number of carboxylic acid groups (broad SMARTS) is 1. The molecule has 0 aliphatic heterocycles. The molecule has 0 atom stereocenters. The van der Waals surface area contributed by atoms with Crippen LogP contribution in [-0.2, 0) is 4.79 Å². The second-order valence-corrected chi connectivity index (χ2v) is 1.47. The Balaban J connectivity index is 0. The van der Waals surface area contributed by atoms with E-state index < -0.39 is 5.97 Å². The SMILES string of the molecule is C=C.CC=C(CC)C(=O)O. The van der Waals surface area contributed by atoms with Crippen LogP contribution in [0.25, 0.3) is 0 Å². The molecule has 2 heteroatoms. The van der Waals surface area contributed by atoms with E-state index >= 15 is 0 Å². The lowest BCUT2D eigenvalue weighted by Crippen LogP contribution is -1.97. The maximum absolute atomic E-state index is 10.1. The lowest BCUT2D eigenvalue weighted by Gasteiger charge is -1.91. The maximum atomic E-state index is 10.1. The molecule has 1 N–H and O–H groups in total. The summed E-state index contributed by atoms with van der Waals surface area (Å²) in [5.41, 5.74) is 0.477. The van der Waals surface area contributed by atoms with Crippen molar-refractivity contribution in [3.8, 4) is 0 Å². The first-order valence-electron chi connectivity index (χ1n) is 3.10. The standard InChI is InChI=1S/C6H10O2.C2H4/c1-3-5(4-2)6(7)8;1-2/h3H,4H2,1-2H3,(H,7,8);1-2H2. The van der Waals surface area contributed by atoms with Gasteiger partial charge in [-0.3, -0.25) is 0 Å². The summed E-state index contributed by atoms with van der Waals surface area (Å²) in [7, 11) is 0. The van der Waals surface area contributed by atoms with Gasteiger partial charge in [0, 0.05) is 5.57 Å². The third-order valence-corrected chi connectivity index (χ3v) is 1.00. The van der Waals surface area contributed by atoms with Gasteiger partial charge in [0.1, 0.15) is 0 Å². The van der Waals surface area contributed by atoms with Crippen LogP contribution in [0.3, 0.4) is 0 Å². The zero-order chi connectivity index (χ0) is 8.57. The van der Waals surface area contributed by atoms with Crippen LogP contribution < -0.4 is 0 Å². The van der Waals surface area contributed by atoms with E-state index in [0.29, 0.717) is 12.0 Å². The molecule has 0 aliphatic carbocycles. The van der Waals surface area contributed by atoms with E-state index in [4.69, 9.17) is 5.11 Å². The van der Waals surface area contributed by atoms with Gasteiger partial charge in [0.15, 0.2) is 0 Å². The molecule has 0 amide bonds. The molecule has 0 unspecified atom stereocenters. The molecular weight excluding hydrogens is 128 g/mol. The zero-order valence-electron chi connectivity index (χ0n) is 6.55. The highest BCUT2D eigenvalue weighted by Gasteiger charge is 1.99. The second-order valence-electron chi connectivity index (χ2n) is 1.47. The first-order chi connectivity index (χ1) is 4.72. The van der Waals surface area contributed by atoms with Crippen molar-refractivity contribution in [3.05, 3.63) is 24.8 Å². The summed E-state index contributed by atoms with van der Waals surface area (Å²) in [6, 6.07) is 0. The molecule has 0 radical (unpaired) electrons. The molecule has 0 aromatic heterocycles. The van der Waals surface area contributed by atoms with Crippen LogP contribution in [0.15, 0.2) is 24.8 Å². The first-order valence-corrected chi connectivity index (χ1v) is 3.10. The predicted molar refractivity (Wildman–Crippen MR) is 42.9 cm³/mol. The van der Waals surface area contributed by atoms with Crippen LogP contribution in [0.4, 0.5) is 0 Å². The van der Waals surface area contributed by atoms with Crippen LogP contribution in [0, 0.1) is 0 Å². The van der Waals surface area contributed by atoms with E-state index in [1.165, 1.54) is 0 Å². The fraction of sp³-hybridized carbons (Fsp3) is 0.375. The summed E-state index contributed by atoms with van der Waals surface area (Å²) < 4.78 is 0. The number of allylic oxidation sites excluding steroid dienone is 1. The Hall–Kier alpha value is -1.05. The number of hydrogen-bond donors (Lipinski definition) is 1. The number of rotatable bonds is 2. The van der Waals surface area contributed by atoms with E-state index in [1.807, 2.05) is 6.92 Å². The van der Waals surface area contributed by atoms with Gasteiger partial charge in [0.25, 0.3) is 0 Å². The fourth-order valence-electron chi connectivity index (χ4n) is 0.479. The number of aliphatic carboxylic acids is 1. The highest BCUT2D eigenvalue weighted by Crippen LogP contribution is 1.97. The van der Waals surface area contributed by atoms with Crippen molar-refractivity contribution < 1.29 is 9.90 Å². The van der Waals surface area contributed by atoms with Gasteiger partial charge in [-0.2, -0.15) is 0 Å². The summed E-state index contributed by atoms with van der Waals surface area (Å²) in [5, 5.41) is 8.30. The Morgan fingerprint density at radius 3 is 2.00 bits per heavy atom. The third kappa shape index (κ3) is 5.09. The second kappa shape index (κ2) is 7.95. The molecule has 0 spiro atoms. The molecule has 0 aromatic carbocycles. The lowest BCUT2D eigenvalue weighted by molar-refractivity contribution is -0.132. The van der Waals surface area contributed by atoms with Crippen molar-refractivity contribution in [1.29, 1.82) is 0 Å². The van der Waals surface area contributed by atoms with Gasteiger partial charge >= 0.3 is 5.97 Å². The van der Waals surface area contributed by atoms with E-state index in [9.17, 15) is 4.79 Å². The van der Waals surface area contributed by atoms with E-state index in [0.717, 1.165) is 0 Å². The Morgan fingerprint density at radius 1 is 1.60 bits per heavy atom. The summed E-state index contributed by atoms with van der Waals surface area (Å²) in [6.07, 6.45) is 2.22. The number of carboxylic acids is 1. The summed E-state index contributed by atoms with van der Waals surface area (Å²) in [6.45, 7) is 9.55. The number of hydrogen-bond acceptors (Lipinski definition) is 1. The van der Waals surface area contributed by atoms with Gasteiger partial charge in [-0.1, -0.05) is 13.0 Å². The quantitative estimate of drug-likeness (QED) is 0.474. The first kappa shape index (κ1) is 11.7. The van der Waals surface area contributed by atoms with Gasteiger partial charge < -0.3 is 5.11 Å². The average molecular weight is 142 g/mol. The summed E-state index contributed by atoms with van der Waals surface area (Å²) in [4.78, 5) is 10.1. The zero-order valence-corrected chi connectivity index (χ0v) is 6.55. The predicted octanol–water partition coefficient (Wildman–Crippen LogP) is 2.23. The molecule has 0 fully saturated rings. The van der Waals surface area contributed by atoms with Crippen molar-refractivity contribution in [2.75, 3.05) is 0 Å². The monoisotopic (exact) mass is 142 g/mol. The smallest absolute Gasteiger partial charge is 0.331 e. The van der Waals surface area contributed by atoms with Crippen molar-refractivity contribution in [3.63, 3.8) is 0 Å². The maximum Gasteiger partial charge on any atom is 0.331 e. The van der Waals surface area contributed by atoms with E-state index in [1.54, 1.807) is 13.0 Å². The van der Waals surface area contributed by atoms with Gasteiger partial charge in [-0.15, -0.1) is 13.2 Å². The van der Waals surface area contributed by atoms with Gasteiger partial charge in [-0.25, -0.2) is 4.79 Å². The molecule has 0 heterocycles. The minimum absolute atomic E-state index is 0.477. The fourth-order valence-corrected chi connectivity index (χ4v) is 0.479. The summed E-state index contributed by atoms with van der Waals surface area (Å²) in [5.74, 6) is -0.810. The topological polar surface area (TPSA) is 37.3 Å². The van der Waals surface area contributed by atoms with Crippen molar-refractivity contribution >= 4 is 5.97 Å². The lowest BCUT2D eigenvalue weighted by atomic mass is 10.2. The Bertz CT molecular complexity index is 125. The van der Waals surface area contributed by atoms with Crippen LogP contribution in [-0.4, -0.2) is 11.1 Å². The van der Waals surface area contributed by atoms with Gasteiger partial charge in [0.05, 0.1) is 0 Å². The molecule has 0 saturated carbocycles. The largest absolute Gasteiger partial charge is 0.478 e. The van der Waals surface area contributed by atoms with Crippen LogP contribution in [0.5, 0.6) is 0 Å². The van der Waals surface area contributed by atoms with E-state index in [-0.39, 0.29) is 0 Å². The van der Waals surface area contributed by atoms with Gasteiger partial charge in [0.2, 0.25) is 0 Å². The minimum Gasteiger partial charge on any atom is -0.478 e.